The van der Waals surface area contributed by atoms with Crippen LogP contribution in [0.1, 0.15) is 69.5 Å². The number of fused-ring (bicyclic) bond motifs is 23. The number of benzene rings is 13. The highest BCUT2D eigenvalue weighted by Gasteiger charge is 2.54. The summed E-state index contributed by atoms with van der Waals surface area (Å²) in [6.07, 6.45) is 0. The van der Waals surface area contributed by atoms with Gasteiger partial charge in [-0.1, -0.05) is 250 Å². The minimum Gasteiger partial charge on any atom is -0.310 e. The van der Waals surface area contributed by atoms with Crippen LogP contribution in [0, 0.1) is 0 Å². The molecule has 2 heteroatoms. The highest BCUT2D eigenvalue weighted by molar-refractivity contribution is 6.00. The molecule has 1 atom stereocenters. The van der Waals surface area contributed by atoms with Gasteiger partial charge in [-0.2, -0.15) is 0 Å². The SMILES string of the molecule is CC1(C)c2ccccc2-c2ccc(N(c3ccc4c(c3)C3(c5ccccc5-c5ccc(N(c6ccccc6)c6ccc7c(c6)C6(c8ccccc8-c8ccccc86)c6ccccc6-7)cc53)c3ccccc3-4)c3ccccc3-c3ccccc3)cc21. The first-order valence-electron chi connectivity index (χ1n) is 29.9. The van der Waals surface area contributed by atoms with E-state index < -0.39 is 10.8 Å². The molecular weight excluding hydrogens is 1020 g/mol. The normalized spacial score (nSPS) is 15.6. The molecular formula is C83H56N2. The van der Waals surface area contributed by atoms with Gasteiger partial charge in [0, 0.05) is 39.4 Å². The summed E-state index contributed by atoms with van der Waals surface area (Å²) in [6.45, 7) is 4.77. The van der Waals surface area contributed by atoms with Crippen LogP contribution in [0.25, 0.3) is 66.8 Å². The van der Waals surface area contributed by atoms with Gasteiger partial charge in [0.1, 0.15) is 0 Å². The first-order valence-corrected chi connectivity index (χ1v) is 29.9. The van der Waals surface area contributed by atoms with E-state index in [2.05, 4.69) is 327 Å². The maximum absolute atomic E-state index is 2.55. The average molecular weight is 1080 g/mol. The molecule has 0 saturated carbocycles. The van der Waals surface area contributed by atoms with Crippen LogP contribution in [0.15, 0.2) is 303 Å². The van der Waals surface area contributed by atoms with Gasteiger partial charge in [-0.25, -0.2) is 0 Å². The molecule has 5 aliphatic carbocycles. The van der Waals surface area contributed by atoms with Gasteiger partial charge in [0.05, 0.1) is 16.5 Å². The van der Waals surface area contributed by atoms with Crippen molar-refractivity contribution >= 4 is 34.1 Å². The maximum atomic E-state index is 2.55. The predicted octanol–water partition coefficient (Wildman–Crippen LogP) is 21.3. The Kier molecular flexibility index (Phi) is 10.0. The fourth-order valence-electron chi connectivity index (χ4n) is 16.4. The number of para-hydroxylation sites is 2. The molecule has 13 aromatic carbocycles. The fraction of sp³-hybridized carbons (Fsp3) is 0.0602. The Labute approximate surface area is 496 Å². The lowest BCUT2D eigenvalue weighted by molar-refractivity contribution is 0.660. The smallest absolute Gasteiger partial charge is 0.0727 e. The molecule has 2 spiro atoms. The molecule has 0 radical (unpaired) electrons. The molecule has 2 nitrogen and oxygen atoms in total. The third-order valence-electron chi connectivity index (χ3n) is 19.9. The fourth-order valence-corrected chi connectivity index (χ4v) is 16.4. The highest BCUT2D eigenvalue weighted by Crippen LogP contribution is 2.66. The van der Waals surface area contributed by atoms with Crippen molar-refractivity contribution in [2.45, 2.75) is 30.1 Å². The van der Waals surface area contributed by atoms with Crippen LogP contribution in [0.3, 0.4) is 0 Å². The second-order valence-electron chi connectivity index (χ2n) is 24.2. The Morgan fingerprint density at radius 3 is 0.906 bits per heavy atom. The topological polar surface area (TPSA) is 6.48 Å². The van der Waals surface area contributed by atoms with E-state index in [1.54, 1.807) is 0 Å². The highest BCUT2D eigenvalue weighted by atomic mass is 15.2. The zero-order chi connectivity index (χ0) is 56.2. The monoisotopic (exact) mass is 1080 g/mol. The molecule has 0 N–H and O–H groups in total. The summed E-state index contributed by atoms with van der Waals surface area (Å²) in [5.41, 5.74) is 33.8. The minimum atomic E-state index is -0.653. The molecule has 0 saturated heterocycles. The van der Waals surface area contributed by atoms with Crippen molar-refractivity contribution in [2.24, 2.45) is 0 Å². The van der Waals surface area contributed by atoms with Crippen LogP contribution >= 0.6 is 0 Å². The van der Waals surface area contributed by atoms with E-state index in [4.69, 9.17) is 0 Å². The number of hydrogen-bond donors (Lipinski definition) is 0. The Hall–Kier alpha value is -10.5. The molecule has 5 aliphatic rings. The van der Waals surface area contributed by atoms with Gasteiger partial charge in [-0.3, -0.25) is 0 Å². The molecule has 0 aromatic heterocycles. The zero-order valence-electron chi connectivity index (χ0n) is 47.3. The average Bonchev–Trinajstić information content (AvgIpc) is 1.55. The lowest BCUT2D eigenvalue weighted by atomic mass is 9.70. The third kappa shape index (κ3) is 6.38. The summed E-state index contributed by atoms with van der Waals surface area (Å²) in [4.78, 5) is 5.04. The van der Waals surface area contributed by atoms with Crippen molar-refractivity contribution in [1.29, 1.82) is 0 Å². The first-order chi connectivity index (χ1) is 41.9. The quantitative estimate of drug-likeness (QED) is 0.157. The van der Waals surface area contributed by atoms with Gasteiger partial charge in [0.2, 0.25) is 0 Å². The lowest BCUT2D eigenvalue weighted by Crippen LogP contribution is -2.27. The van der Waals surface area contributed by atoms with Gasteiger partial charge < -0.3 is 9.80 Å². The Balaban J connectivity index is 0.864. The summed E-state index contributed by atoms with van der Waals surface area (Å²) < 4.78 is 0. The van der Waals surface area contributed by atoms with Crippen LogP contribution in [0.5, 0.6) is 0 Å². The van der Waals surface area contributed by atoms with Crippen LogP contribution in [0.2, 0.25) is 0 Å². The summed E-state index contributed by atoms with van der Waals surface area (Å²) >= 11 is 0. The molecule has 13 aromatic rings. The number of hydrogen-bond acceptors (Lipinski definition) is 2. The van der Waals surface area contributed by atoms with Gasteiger partial charge in [-0.05, 0) is 184 Å². The molecule has 18 rings (SSSR count). The minimum absolute atomic E-state index is 0.182. The lowest BCUT2D eigenvalue weighted by Gasteiger charge is -2.34. The van der Waals surface area contributed by atoms with Gasteiger partial charge in [0.25, 0.3) is 0 Å². The maximum Gasteiger partial charge on any atom is 0.0727 e. The van der Waals surface area contributed by atoms with Crippen LogP contribution in [-0.2, 0) is 16.2 Å². The van der Waals surface area contributed by atoms with Gasteiger partial charge in [0.15, 0.2) is 0 Å². The summed E-state index contributed by atoms with van der Waals surface area (Å²) in [5.74, 6) is 0. The molecule has 0 amide bonds. The van der Waals surface area contributed by atoms with E-state index in [9.17, 15) is 0 Å². The first kappa shape index (κ1) is 48.0. The van der Waals surface area contributed by atoms with Crippen molar-refractivity contribution < 1.29 is 0 Å². The number of rotatable bonds is 7. The van der Waals surface area contributed by atoms with E-state index in [0.717, 1.165) is 34.1 Å². The van der Waals surface area contributed by atoms with Gasteiger partial charge in [-0.15, -0.1) is 0 Å². The third-order valence-corrected chi connectivity index (χ3v) is 19.9. The summed E-state index contributed by atoms with van der Waals surface area (Å²) in [7, 11) is 0. The number of nitrogens with zero attached hydrogens (tertiary/aromatic N) is 2. The standard InChI is InChI=1S/C83H56N2/c1-81(2)70-34-16-9-28-60(70)66-45-43-57(49-76(66)81)85(80-40-22-15-27-59(80)53-23-5-3-6-24-53)58-44-48-69-65-33-14-21-39-75(65)83(79(69)52-58)74-38-20-13-32-64(74)68-47-42-56(51-78(68)83)84(54-25-7-4-8-26-54)55-41-46-67-63-31-12-19-37-73(63)82(77(67)50-55)71-35-17-10-29-61(71)62-30-11-18-36-72(62)82/h3-52H,1-2H3. The molecule has 0 heterocycles. The van der Waals surface area contributed by atoms with Crippen molar-refractivity contribution in [3.8, 4) is 66.8 Å². The van der Waals surface area contributed by atoms with Crippen LogP contribution < -0.4 is 9.80 Å². The Morgan fingerprint density at radius 2 is 0.482 bits per heavy atom. The van der Waals surface area contributed by atoms with E-state index in [1.807, 2.05) is 0 Å². The second kappa shape index (κ2) is 17.7. The second-order valence-corrected chi connectivity index (χ2v) is 24.2. The van der Waals surface area contributed by atoms with Crippen molar-refractivity contribution in [1.82, 2.24) is 0 Å². The molecule has 0 aliphatic heterocycles. The van der Waals surface area contributed by atoms with Crippen molar-refractivity contribution in [3.63, 3.8) is 0 Å². The summed E-state index contributed by atoms with van der Waals surface area (Å²) in [5, 5.41) is 0. The molecule has 85 heavy (non-hydrogen) atoms. The number of anilines is 6. The van der Waals surface area contributed by atoms with E-state index in [-0.39, 0.29) is 5.41 Å². The van der Waals surface area contributed by atoms with Crippen molar-refractivity contribution in [2.75, 3.05) is 9.80 Å². The van der Waals surface area contributed by atoms with Crippen molar-refractivity contribution in [3.05, 3.63) is 359 Å². The van der Waals surface area contributed by atoms with Crippen LogP contribution in [-0.4, -0.2) is 0 Å². The molecule has 1 unspecified atom stereocenters. The molecule has 0 bridgehead atoms. The van der Waals surface area contributed by atoms with Gasteiger partial charge >= 0.3 is 0 Å². The van der Waals surface area contributed by atoms with Crippen LogP contribution in [0.4, 0.5) is 34.1 Å². The Morgan fingerprint density at radius 1 is 0.200 bits per heavy atom. The molecule has 398 valence electrons. The van der Waals surface area contributed by atoms with E-state index in [1.165, 1.54) is 122 Å². The molecule has 0 fully saturated rings. The predicted molar refractivity (Wildman–Crippen MR) is 351 cm³/mol. The van der Waals surface area contributed by atoms with E-state index >= 15 is 0 Å². The summed E-state index contributed by atoms with van der Waals surface area (Å²) in [6, 6.07) is 115. The Bertz CT molecular complexity index is 4870. The zero-order valence-corrected chi connectivity index (χ0v) is 47.3. The largest absolute Gasteiger partial charge is 0.310 e. The van der Waals surface area contributed by atoms with E-state index in [0.29, 0.717) is 0 Å².